The highest BCUT2D eigenvalue weighted by Gasteiger charge is 2.29. The summed E-state index contributed by atoms with van der Waals surface area (Å²) in [7, 11) is 2.15. The van der Waals surface area contributed by atoms with Gasteiger partial charge in [-0.2, -0.15) is 0 Å². The number of nitrogens with one attached hydrogen (secondary N) is 1. The van der Waals surface area contributed by atoms with E-state index in [1.54, 1.807) is 0 Å². The van der Waals surface area contributed by atoms with Gasteiger partial charge in [0, 0.05) is 6.04 Å². The van der Waals surface area contributed by atoms with E-state index in [2.05, 4.69) is 33.1 Å². The lowest BCUT2D eigenvalue weighted by Gasteiger charge is -2.37. The summed E-state index contributed by atoms with van der Waals surface area (Å²) in [6, 6.07) is 0.759. The average Bonchev–Trinajstić information content (AvgIpc) is 2.25. The molecule has 0 aliphatic heterocycles. The first kappa shape index (κ1) is 13.0. The quantitative estimate of drug-likeness (QED) is 0.728. The van der Waals surface area contributed by atoms with E-state index in [1.807, 2.05) is 0 Å². The second-order valence-electron chi connectivity index (χ2n) is 5.64. The van der Waals surface area contributed by atoms with Crippen LogP contribution in [0.1, 0.15) is 59.3 Å². The topological polar surface area (TPSA) is 12.0 Å². The summed E-state index contributed by atoms with van der Waals surface area (Å²) >= 11 is 0. The zero-order valence-electron chi connectivity index (χ0n) is 11.1. The largest absolute Gasteiger partial charge is 0.317 e. The van der Waals surface area contributed by atoms with E-state index in [0.29, 0.717) is 0 Å². The van der Waals surface area contributed by atoms with E-state index in [4.69, 9.17) is 0 Å². The molecule has 3 unspecified atom stereocenters. The third-order valence-corrected chi connectivity index (χ3v) is 4.11. The third kappa shape index (κ3) is 3.79. The summed E-state index contributed by atoms with van der Waals surface area (Å²) < 4.78 is 0. The zero-order chi connectivity index (χ0) is 11.3. The normalized spacial score (nSPS) is 29.4. The maximum atomic E-state index is 3.57. The van der Waals surface area contributed by atoms with Gasteiger partial charge in [-0.25, -0.2) is 0 Å². The predicted molar refractivity (Wildman–Crippen MR) is 68.0 cm³/mol. The molecule has 3 atom stereocenters. The highest BCUT2D eigenvalue weighted by atomic mass is 14.9. The van der Waals surface area contributed by atoms with Gasteiger partial charge in [0.2, 0.25) is 0 Å². The van der Waals surface area contributed by atoms with Crippen molar-refractivity contribution in [1.29, 1.82) is 0 Å². The lowest BCUT2D eigenvalue weighted by Crippen LogP contribution is -2.40. The molecule has 1 heteroatoms. The van der Waals surface area contributed by atoms with Crippen molar-refractivity contribution in [2.24, 2.45) is 17.8 Å². The van der Waals surface area contributed by atoms with Crippen molar-refractivity contribution in [3.05, 3.63) is 0 Å². The fraction of sp³-hybridized carbons (Fsp3) is 1.00. The van der Waals surface area contributed by atoms with Crippen molar-refractivity contribution in [1.82, 2.24) is 5.32 Å². The Kier molecular flexibility index (Phi) is 5.66. The Hall–Kier alpha value is -0.0400. The van der Waals surface area contributed by atoms with Crippen molar-refractivity contribution >= 4 is 0 Å². The summed E-state index contributed by atoms with van der Waals surface area (Å²) in [4.78, 5) is 0. The van der Waals surface area contributed by atoms with Crippen LogP contribution in [0, 0.1) is 17.8 Å². The van der Waals surface area contributed by atoms with Gasteiger partial charge in [0.05, 0.1) is 0 Å². The van der Waals surface area contributed by atoms with Crippen LogP contribution in [0.5, 0.6) is 0 Å². The van der Waals surface area contributed by atoms with E-state index in [0.717, 1.165) is 23.8 Å². The summed E-state index contributed by atoms with van der Waals surface area (Å²) in [5, 5.41) is 3.57. The molecule has 0 aromatic carbocycles. The molecule has 0 heterocycles. The van der Waals surface area contributed by atoms with Crippen molar-refractivity contribution in [2.75, 3.05) is 7.05 Å². The molecule has 1 aliphatic carbocycles. The maximum Gasteiger partial charge on any atom is 0.00974 e. The van der Waals surface area contributed by atoms with Gasteiger partial charge in [0.25, 0.3) is 0 Å². The predicted octanol–water partition coefficient (Wildman–Crippen LogP) is 3.84. The van der Waals surface area contributed by atoms with Gasteiger partial charge in [-0.15, -0.1) is 0 Å². The van der Waals surface area contributed by atoms with Crippen LogP contribution in [0.4, 0.5) is 0 Å². The molecule has 0 amide bonds. The molecule has 0 aromatic heterocycles. The van der Waals surface area contributed by atoms with Crippen LogP contribution in [0.3, 0.4) is 0 Å². The highest BCUT2D eigenvalue weighted by Crippen LogP contribution is 2.35. The van der Waals surface area contributed by atoms with Crippen molar-refractivity contribution < 1.29 is 0 Å². The van der Waals surface area contributed by atoms with Crippen LogP contribution in [-0.2, 0) is 0 Å². The van der Waals surface area contributed by atoms with Gasteiger partial charge < -0.3 is 5.32 Å². The first-order valence-electron chi connectivity index (χ1n) is 6.86. The number of hydrogen-bond acceptors (Lipinski definition) is 1. The molecule has 15 heavy (non-hydrogen) atoms. The highest BCUT2D eigenvalue weighted by molar-refractivity contribution is 4.84. The van der Waals surface area contributed by atoms with Crippen molar-refractivity contribution in [3.63, 3.8) is 0 Å². The van der Waals surface area contributed by atoms with Crippen LogP contribution < -0.4 is 5.32 Å². The van der Waals surface area contributed by atoms with Gasteiger partial charge in [0.15, 0.2) is 0 Å². The molecule has 1 rings (SSSR count). The first-order valence-corrected chi connectivity index (χ1v) is 6.86. The fourth-order valence-corrected chi connectivity index (χ4v) is 3.29. The molecule has 1 fully saturated rings. The first-order chi connectivity index (χ1) is 7.19. The van der Waals surface area contributed by atoms with Crippen LogP contribution in [0.25, 0.3) is 0 Å². The molecular weight excluding hydrogens is 182 g/mol. The van der Waals surface area contributed by atoms with E-state index >= 15 is 0 Å². The Morgan fingerprint density at radius 3 is 2.40 bits per heavy atom. The van der Waals surface area contributed by atoms with Gasteiger partial charge in [-0.05, 0) is 37.6 Å². The van der Waals surface area contributed by atoms with E-state index in [-0.39, 0.29) is 0 Å². The second-order valence-corrected chi connectivity index (χ2v) is 5.64. The Balaban J connectivity index is 2.55. The summed E-state index contributed by atoms with van der Waals surface area (Å²) in [6.45, 7) is 7.05. The molecule has 90 valence electrons. The second kappa shape index (κ2) is 6.52. The summed E-state index contributed by atoms with van der Waals surface area (Å²) in [5.41, 5.74) is 0. The Morgan fingerprint density at radius 2 is 1.87 bits per heavy atom. The van der Waals surface area contributed by atoms with E-state index in [9.17, 15) is 0 Å². The minimum absolute atomic E-state index is 0.759. The molecule has 1 nitrogen and oxygen atoms in total. The lowest BCUT2D eigenvalue weighted by atomic mass is 9.72. The zero-order valence-corrected chi connectivity index (χ0v) is 11.1. The smallest absolute Gasteiger partial charge is 0.00974 e. The molecule has 1 aliphatic rings. The van der Waals surface area contributed by atoms with Gasteiger partial charge in [-0.3, -0.25) is 0 Å². The molecular formula is C14H29N. The van der Waals surface area contributed by atoms with Gasteiger partial charge in [-0.1, -0.05) is 46.5 Å². The molecule has 1 N–H and O–H groups in total. The Labute approximate surface area is 96.0 Å². The van der Waals surface area contributed by atoms with E-state index < -0.39 is 0 Å². The lowest BCUT2D eigenvalue weighted by molar-refractivity contribution is 0.165. The van der Waals surface area contributed by atoms with Gasteiger partial charge in [0.1, 0.15) is 0 Å². The van der Waals surface area contributed by atoms with Crippen LogP contribution >= 0.6 is 0 Å². The molecule has 0 aromatic rings. The molecule has 0 saturated heterocycles. The minimum Gasteiger partial charge on any atom is -0.317 e. The van der Waals surface area contributed by atoms with Crippen LogP contribution in [0.15, 0.2) is 0 Å². The minimum atomic E-state index is 0.759. The molecule has 0 spiro atoms. The SMILES string of the molecule is CCC1CCCCC1C(CC(C)C)NC. The van der Waals surface area contributed by atoms with E-state index in [1.165, 1.54) is 38.5 Å². The molecule has 0 bridgehead atoms. The number of hydrogen-bond donors (Lipinski definition) is 1. The van der Waals surface area contributed by atoms with Gasteiger partial charge >= 0.3 is 0 Å². The maximum absolute atomic E-state index is 3.57. The standard InChI is InChI=1S/C14H29N/c1-5-12-8-6-7-9-13(12)14(15-4)10-11(2)3/h11-15H,5-10H2,1-4H3. The fourth-order valence-electron chi connectivity index (χ4n) is 3.29. The molecule has 1 saturated carbocycles. The summed E-state index contributed by atoms with van der Waals surface area (Å²) in [5.74, 6) is 2.74. The Morgan fingerprint density at radius 1 is 1.20 bits per heavy atom. The number of rotatable bonds is 5. The average molecular weight is 211 g/mol. The van der Waals surface area contributed by atoms with Crippen molar-refractivity contribution in [2.45, 2.75) is 65.3 Å². The Bertz CT molecular complexity index is 165. The summed E-state index contributed by atoms with van der Waals surface area (Å²) in [6.07, 6.45) is 8.57. The van der Waals surface area contributed by atoms with Crippen LogP contribution in [0.2, 0.25) is 0 Å². The van der Waals surface area contributed by atoms with Crippen LogP contribution in [-0.4, -0.2) is 13.1 Å². The third-order valence-electron chi connectivity index (χ3n) is 4.11. The monoisotopic (exact) mass is 211 g/mol. The van der Waals surface area contributed by atoms with Crippen molar-refractivity contribution in [3.8, 4) is 0 Å². The molecule has 0 radical (unpaired) electrons.